The number of cyclic esters (lactones) is 1. The van der Waals surface area contributed by atoms with Crippen LogP contribution in [-0.2, 0) is 9.53 Å². The van der Waals surface area contributed by atoms with Gasteiger partial charge in [0.25, 0.3) is 0 Å². The molecule has 0 aromatic heterocycles. The Morgan fingerprint density at radius 2 is 1.85 bits per heavy atom. The Bertz CT molecular complexity index is 177. The van der Waals surface area contributed by atoms with Crippen LogP contribution in [0, 0.1) is 11.8 Å². The average molecular weight is 184 g/mol. The molecular weight excluding hydrogens is 164 g/mol. The summed E-state index contributed by atoms with van der Waals surface area (Å²) in [6.07, 6.45) is 4.60. The van der Waals surface area contributed by atoms with Crippen molar-refractivity contribution >= 4 is 5.97 Å². The van der Waals surface area contributed by atoms with Crippen molar-refractivity contribution in [3.8, 4) is 0 Å². The molecule has 0 aromatic carbocycles. The van der Waals surface area contributed by atoms with E-state index in [-0.39, 0.29) is 18.0 Å². The van der Waals surface area contributed by atoms with Crippen LogP contribution in [0.2, 0.25) is 0 Å². The first kappa shape index (κ1) is 10.6. The number of hydrogen-bond acceptors (Lipinski definition) is 2. The van der Waals surface area contributed by atoms with Crippen molar-refractivity contribution in [2.45, 2.75) is 52.6 Å². The molecule has 76 valence electrons. The second-order valence-corrected chi connectivity index (χ2v) is 4.01. The zero-order chi connectivity index (χ0) is 9.84. The minimum atomic E-state index is 0.0110. The van der Waals surface area contributed by atoms with Gasteiger partial charge in [-0.05, 0) is 12.8 Å². The molecule has 0 aromatic rings. The van der Waals surface area contributed by atoms with Gasteiger partial charge in [-0.25, -0.2) is 0 Å². The molecule has 0 radical (unpaired) electrons. The van der Waals surface area contributed by atoms with E-state index in [2.05, 4.69) is 13.8 Å². The molecule has 1 aliphatic rings. The monoisotopic (exact) mass is 184 g/mol. The number of hydrogen-bond donors (Lipinski definition) is 0. The number of carbonyl (C=O) groups is 1. The molecule has 3 unspecified atom stereocenters. The van der Waals surface area contributed by atoms with Crippen molar-refractivity contribution in [2.24, 2.45) is 11.8 Å². The third-order valence-electron chi connectivity index (χ3n) is 2.95. The first-order chi connectivity index (χ1) is 6.20. The lowest BCUT2D eigenvalue weighted by molar-refractivity contribution is -0.144. The van der Waals surface area contributed by atoms with Gasteiger partial charge in [0, 0.05) is 5.92 Å². The Hall–Kier alpha value is -0.530. The van der Waals surface area contributed by atoms with E-state index < -0.39 is 0 Å². The van der Waals surface area contributed by atoms with Gasteiger partial charge in [-0.3, -0.25) is 4.79 Å². The van der Waals surface area contributed by atoms with E-state index in [9.17, 15) is 4.79 Å². The fourth-order valence-corrected chi connectivity index (χ4v) is 2.17. The summed E-state index contributed by atoms with van der Waals surface area (Å²) in [4.78, 5) is 11.3. The zero-order valence-corrected chi connectivity index (χ0v) is 8.88. The van der Waals surface area contributed by atoms with Crippen LogP contribution >= 0.6 is 0 Å². The van der Waals surface area contributed by atoms with E-state index in [1.165, 1.54) is 0 Å². The van der Waals surface area contributed by atoms with Crippen LogP contribution < -0.4 is 0 Å². The number of carbonyl (C=O) groups excluding carboxylic acids is 1. The highest BCUT2D eigenvalue weighted by molar-refractivity contribution is 5.74. The zero-order valence-electron chi connectivity index (χ0n) is 8.88. The van der Waals surface area contributed by atoms with Crippen LogP contribution in [-0.4, -0.2) is 12.1 Å². The van der Waals surface area contributed by atoms with E-state index in [1.54, 1.807) is 0 Å². The Kier molecular flexibility index (Phi) is 3.76. The summed E-state index contributed by atoms with van der Waals surface area (Å²) >= 11 is 0. The molecule has 1 aliphatic heterocycles. The molecule has 1 heterocycles. The molecule has 1 saturated heterocycles. The van der Waals surface area contributed by atoms with Crippen molar-refractivity contribution in [1.29, 1.82) is 0 Å². The molecule has 0 aliphatic carbocycles. The van der Waals surface area contributed by atoms with E-state index in [4.69, 9.17) is 4.74 Å². The maximum atomic E-state index is 11.3. The molecule has 1 rings (SSSR count). The smallest absolute Gasteiger partial charge is 0.309 e. The second-order valence-electron chi connectivity index (χ2n) is 4.01. The lowest BCUT2D eigenvalue weighted by atomic mass is 9.86. The molecule has 13 heavy (non-hydrogen) atoms. The molecule has 0 N–H and O–H groups in total. The van der Waals surface area contributed by atoms with Crippen LogP contribution in [0.15, 0.2) is 0 Å². The van der Waals surface area contributed by atoms with Crippen molar-refractivity contribution in [1.82, 2.24) is 0 Å². The Morgan fingerprint density at radius 3 is 2.38 bits per heavy atom. The molecule has 1 fully saturated rings. The maximum Gasteiger partial charge on any atom is 0.309 e. The van der Waals surface area contributed by atoms with Crippen LogP contribution in [0.25, 0.3) is 0 Å². The van der Waals surface area contributed by atoms with Gasteiger partial charge in [0.1, 0.15) is 6.10 Å². The second kappa shape index (κ2) is 4.64. The molecule has 0 bridgehead atoms. The summed E-state index contributed by atoms with van der Waals surface area (Å²) < 4.78 is 5.34. The number of esters is 1. The lowest BCUT2D eigenvalue weighted by Gasteiger charge is -2.17. The predicted octanol–water partition coefficient (Wildman–Crippen LogP) is 2.76. The Balaban J connectivity index is 2.57. The number of ether oxygens (including phenoxy) is 1. The molecule has 0 saturated carbocycles. The van der Waals surface area contributed by atoms with Gasteiger partial charge in [0.2, 0.25) is 0 Å². The predicted molar refractivity (Wildman–Crippen MR) is 52.4 cm³/mol. The van der Waals surface area contributed by atoms with E-state index in [0.29, 0.717) is 5.92 Å². The van der Waals surface area contributed by atoms with Crippen molar-refractivity contribution in [3.63, 3.8) is 0 Å². The minimum Gasteiger partial charge on any atom is -0.462 e. The molecule has 2 nitrogen and oxygen atoms in total. The highest BCUT2D eigenvalue weighted by atomic mass is 16.6. The largest absolute Gasteiger partial charge is 0.462 e. The third kappa shape index (κ3) is 2.23. The molecule has 0 spiro atoms. The van der Waals surface area contributed by atoms with Crippen LogP contribution in [0.4, 0.5) is 0 Å². The van der Waals surface area contributed by atoms with Crippen molar-refractivity contribution in [3.05, 3.63) is 0 Å². The van der Waals surface area contributed by atoms with Crippen LogP contribution in [0.5, 0.6) is 0 Å². The van der Waals surface area contributed by atoms with Gasteiger partial charge >= 0.3 is 5.97 Å². The van der Waals surface area contributed by atoms with Gasteiger partial charge in [-0.1, -0.05) is 33.6 Å². The topological polar surface area (TPSA) is 26.3 Å². The summed E-state index contributed by atoms with van der Waals surface area (Å²) in [6, 6.07) is 0. The van der Waals surface area contributed by atoms with Gasteiger partial charge in [-0.15, -0.1) is 0 Å². The SMILES string of the molecule is CCCC1OC(=O)C(C)C1CCC. The number of rotatable bonds is 4. The summed E-state index contributed by atoms with van der Waals surface area (Å²) in [5.74, 6) is 0.603. The summed E-state index contributed by atoms with van der Waals surface area (Å²) in [6.45, 7) is 6.30. The van der Waals surface area contributed by atoms with Gasteiger partial charge < -0.3 is 4.74 Å². The fourth-order valence-electron chi connectivity index (χ4n) is 2.17. The summed E-state index contributed by atoms with van der Waals surface area (Å²) in [7, 11) is 0. The highest BCUT2D eigenvalue weighted by Crippen LogP contribution is 2.33. The van der Waals surface area contributed by atoms with Crippen LogP contribution in [0.1, 0.15) is 46.5 Å². The maximum absolute atomic E-state index is 11.3. The average Bonchev–Trinajstić information content (AvgIpc) is 2.34. The summed E-state index contributed by atoms with van der Waals surface area (Å²) in [5.41, 5.74) is 0. The standard InChI is InChI=1S/C11H20O2/c1-4-6-9-8(3)11(12)13-10(9)7-5-2/h8-10H,4-7H2,1-3H3. The van der Waals surface area contributed by atoms with E-state index >= 15 is 0 Å². The molecule has 3 atom stereocenters. The summed E-state index contributed by atoms with van der Waals surface area (Å²) in [5, 5.41) is 0. The van der Waals surface area contributed by atoms with Gasteiger partial charge in [-0.2, -0.15) is 0 Å². The first-order valence-electron chi connectivity index (χ1n) is 5.41. The normalized spacial score (nSPS) is 33.5. The molecule has 0 amide bonds. The Morgan fingerprint density at radius 1 is 1.23 bits per heavy atom. The quantitative estimate of drug-likeness (QED) is 0.628. The van der Waals surface area contributed by atoms with Crippen LogP contribution in [0.3, 0.4) is 0 Å². The van der Waals surface area contributed by atoms with E-state index in [1.807, 2.05) is 6.92 Å². The first-order valence-corrected chi connectivity index (χ1v) is 5.41. The third-order valence-corrected chi connectivity index (χ3v) is 2.95. The van der Waals surface area contributed by atoms with Gasteiger partial charge in [0.15, 0.2) is 0 Å². The molecular formula is C11H20O2. The minimum absolute atomic E-state index is 0.0110. The lowest BCUT2D eigenvalue weighted by Crippen LogP contribution is -2.18. The van der Waals surface area contributed by atoms with Crippen molar-refractivity contribution < 1.29 is 9.53 Å². The fraction of sp³-hybridized carbons (Fsp3) is 0.909. The molecule has 2 heteroatoms. The van der Waals surface area contributed by atoms with E-state index in [0.717, 1.165) is 25.7 Å². The van der Waals surface area contributed by atoms with Gasteiger partial charge in [0.05, 0.1) is 5.92 Å². The Labute approximate surface area is 80.7 Å². The highest BCUT2D eigenvalue weighted by Gasteiger charge is 2.40. The van der Waals surface area contributed by atoms with Crippen molar-refractivity contribution in [2.75, 3.05) is 0 Å².